The molecule has 24 heavy (non-hydrogen) atoms. The van der Waals surface area contributed by atoms with Crippen LogP contribution in [0.15, 0.2) is 54.6 Å². The Morgan fingerprint density at radius 1 is 0.958 bits per heavy atom. The predicted octanol–water partition coefficient (Wildman–Crippen LogP) is 4.31. The van der Waals surface area contributed by atoms with Crippen molar-refractivity contribution in [3.8, 4) is 11.1 Å². The maximum Gasteiger partial charge on any atom is 0.228 e. The van der Waals surface area contributed by atoms with Gasteiger partial charge in [-0.05, 0) is 43.5 Å². The molecule has 0 saturated carbocycles. The Morgan fingerprint density at radius 3 is 2.00 bits per heavy atom. The summed E-state index contributed by atoms with van der Waals surface area (Å²) in [6.45, 7) is 6.12. The number of rotatable bonds is 7. The third-order valence-corrected chi connectivity index (χ3v) is 4.96. The minimum absolute atomic E-state index is 0.0560. The minimum atomic E-state index is -0.324. The van der Waals surface area contributed by atoms with Gasteiger partial charge in [0.2, 0.25) is 5.91 Å². The van der Waals surface area contributed by atoms with Crippen LogP contribution in [0.3, 0.4) is 0 Å². The molecule has 0 aliphatic heterocycles. The van der Waals surface area contributed by atoms with E-state index in [-0.39, 0.29) is 17.5 Å². The van der Waals surface area contributed by atoms with Gasteiger partial charge in [-0.15, -0.1) is 0 Å². The van der Waals surface area contributed by atoms with Gasteiger partial charge in [-0.3, -0.25) is 10.1 Å². The molecule has 0 aliphatic carbocycles. The summed E-state index contributed by atoms with van der Waals surface area (Å²) in [7, 11) is 1.90. The van der Waals surface area contributed by atoms with Gasteiger partial charge in [0.05, 0.1) is 11.6 Å². The van der Waals surface area contributed by atoms with Crippen LogP contribution in [0.4, 0.5) is 0 Å². The van der Waals surface area contributed by atoms with Crippen LogP contribution in [-0.4, -0.2) is 18.6 Å². The molecule has 0 heterocycles. The zero-order valence-electron chi connectivity index (χ0n) is 15.1. The van der Waals surface area contributed by atoms with E-state index in [0.29, 0.717) is 0 Å². The van der Waals surface area contributed by atoms with E-state index in [2.05, 4.69) is 48.7 Å². The number of amides is 1. The average Bonchev–Trinajstić information content (AvgIpc) is 2.66. The first kappa shape index (κ1) is 18.2. The van der Waals surface area contributed by atoms with E-state index >= 15 is 0 Å². The molecule has 3 nitrogen and oxygen atoms in total. The van der Waals surface area contributed by atoms with Crippen LogP contribution in [0.5, 0.6) is 0 Å². The number of nitrogens with one attached hydrogen (secondary N) is 2. The van der Waals surface area contributed by atoms with Crippen LogP contribution < -0.4 is 10.6 Å². The van der Waals surface area contributed by atoms with E-state index in [1.807, 2.05) is 44.3 Å². The maximum atomic E-state index is 12.6. The maximum absolute atomic E-state index is 12.6. The van der Waals surface area contributed by atoms with Crippen molar-refractivity contribution in [2.45, 2.75) is 45.2 Å². The number of benzene rings is 2. The molecule has 0 bridgehead atoms. The highest BCUT2D eigenvalue weighted by Gasteiger charge is 2.28. The van der Waals surface area contributed by atoms with Crippen LogP contribution in [-0.2, 0) is 4.79 Å². The van der Waals surface area contributed by atoms with E-state index in [1.165, 1.54) is 11.1 Å². The number of carbonyl (C=O) groups is 1. The molecular formula is C21H28N2O. The van der Waals surface area contributed by atoms with E-state index in [9.17, 15) is 4.79 Å². The molecule has 0 aliphatic rings. The van der Waals surface area contributed by atoms with Gasteiger partial charge < -0.3 is 5.32 Å². The molecule has 0 aromatic heterocycles. The smallest absolute Gasteiger partial charge is 0.228 e. The Labute approximate surface area is 145 Å². The van der Waals surface area contributed by atoms with E-state index in [0.717, 1.165) is 18.4 Å². The van der Waals surface area contributed by atoms with Crippen LogP contribution in [0.25, 0.3) is 11.1 Å². The second-order valence-electron chi connectivity index (χ2n) is 6.24. The normalized spacial score (nSPS) is 12.7. The van der Waals surface area contributed by atoms with Gasteiger partial charge in [-0.2, -0.15) is 0 Å². The first-order valence-electron chi connectivity index (χ1n) is 8.71. The van der Waals surface area contributed by atoms with Gasteiger partial charge in [0.25, 0.3) is 0 Å². The molecule has 2 rings (SSSR count). The van der Waals surface area contributed by atoms with Gasteiger partial charge in [0, 0.05) is 0 Å². The van der Waals surface area contributed by atoms with Crippen molar-refractivity contribution in [1.29, 1.82) is 0 Å². The zero-order valence-corrected chi connectivity index (χ0v) is 15.1. The molecule has 3 heteroatoms. The molecule has 1 amide bonds. The molecule has 0 saturated heterocycles. The van der Waals surface area contributed by atoms with E-state index < -0.39 is 0 Å². The number of hydrogen-bond donors (Lipinski definition) is 2. The predicted molar refractivity (Wildman–Crippen MR) is 101 cm³/mol. The Balaban J connectivity index is 2.12. The molecule has 0 fully saturated rings. The lowest BCUT2D eigenvalue weighted by molar-refractivity contribution is -0.124. The SMILES string of the molecule is CCC(CC)(NC)NC(=O)C(C)c1ccc(-c2ccccc2)cc1. The van der Waals surface area contributed by atoms with Crippen LogP contribution in [0.1, 0.15) is 45.1 Å². The minimum Gasteiger partial charge on any atom is -0.338 e. The Hall–Kier alpha value is -2.13. The van der Waals surface area contributed by atoms with Crippen molar-refractivity contribution in [2.75, 3.05) is 7.05 Å². The first-order chi connectivity index (χ1) is 11.5. The molecule has 0 spiro atoms. The van der Waals surface area contributed by atoms with Gasteiger partial charge in [-0.25, -0.2) is 0 Å². The zero-order chi connectivity index (χ0) is 17.6. The molecule has 0 radical (unpaired) electrons. The Kier molecular flexibility index (Phi) is 6.16. The fraction of sp³-hybridized carbons (Fsp3) is 0.381. The third kappa shape index (κ3) is 4.04. The van der Waals surface area contributed by atoms with Gasteiger partial charge >= 0.3 is 0 Å². The topological polar surface area (TPSA) is 41.1 Å². The third-order valence-electron chi connectivity index (χ3n) is 4.96. The van der Waals surface area contributed by atoms with Crippen molar-refractivity contribution in [3.05, 3.63) is 60.2 Å². The summed E-state index contributed by atoms with van der Waals surface area (Å²) in [4.78, 5) is 12.6. The van der Waals surface area contributed by atoms with Crippen LogP contribution in [0.2, 0.25) is 0 Å². The molecule has 2 aromatic rings. The Bertz CT molecular complexity index is 637. The summed E-state index contributed by atoms with van der Waals surface area (Å²) >= 11 is 0. The van der Waals surface area contributed by atoms with Gasteiger partial charge in [0.15, 0.2) is 0 Å². The lowest BCUT2D eigenvalue weighted by atomic mass is 9.95. The molecule has 128 valence electrons. The monoisotopic (exact) mass is 324 g/mol. The largest absolute Gasteiger partial charge is 0.338 e. The number of carbonyl (C=O) groups excluding carboxylic acids is 1. The first-order valence-corrected chi connectivity index (χ1v) is 8.71. The highest BCUT2D eigenvalue weighted by Crippen LogP contribution is 2.23. The molecular weight excluding hydrogens is 296 g/mol. The van der Waals surface area contributed by atoms with Crippen molar-refractivity contribution >= 4 is 5.91 Å². The molecule has 2 aromatic carbocycles. The standard InChI is InChI=1S/C21H28N2O/c1-5-21(6-2,22-4)23-20(24)16(3)17-12-14-19(15-13-17)18-10-8-7-9-11-18/h7-16,22H,5-6H2,1-4H3,(H,23,24). The second kappa shape index (κ2) is 8.11. The average molecular weight is 324 g/mol. The quantitative estimate of drug-likeness (QED) is 0.745. The summed E-state index contributed by atoms with van der Waals surface area (Å²) in [5.41, 5.74) is 3.06. The van der Waals surface area contributed by atoms with E-state index in [1.54, 1.807) is 0 Å². The summed E-state index contributed by atoms with van der Waals surface area (Å²) < 4.78 is 0. The molecule has 1 unspecified atom stereocenters. The summed E-state index contributed by atoms with van der Waals surface area (Å²) in [5, 5.41) is 6.42. The second-order valence-corrected chi connectivity index (χ2v) is 6.24. The van der Waals surface area contributed by atoms with Crippen LogP contribution >= 0.6 is 0 Å². The number of hydrogen-bond acceptors (Lipinski definition) is 2. The van der Waals surface area contributed by atoms with Gasteiger partial charge in [0.1, 0.15) is 0 Å². The van der Waals surface area contributed by atoms with E-state index in [4.69, 9.17) is 0 Å². The molecule has 1 atom stereocenters. The van der Waals surface area contributed by atoms with Gasteiger partial charge in [-0.1, -0.05) is 68.4 Å². The van der Waals surface area contributed by atoms with Crippen molar-refractivity contribution in [3.63, 3.8) is 0 Å². The van der Waals surface area contributed by atoms with Crippen molar-refractivity contribution in [2.24, 2.45) is 0 Å². The fourth-order valence-electron chi connectivity index (χ4n) is 2.93. The lowest BCUT2D eigenvalue weighted by Crippen LogP contribution is -2.57. The lowest BCUT2D eigenvalue weighted by Gasteiger charge is -2.33. The fourth-order valence-corrected chi connectivity index (χ4v) is 2.93. The highest BCUT2D eigenvalue weighted by atomic mass is 16.2. The molecule has 2 N–H and O–H groups in total. The van der Waals surface area contributed by atoms with Crippen LogP contribution in [0, 0.1) is 0 Å². The Morgan fingerprint density at radius 2 is 1.50 bits per heavy atom. The van der Waals surface area contributed by atoms with Crippen molar-refractivity contribution in [1.82, 2.24) is 10.6 Å². The summed E-state index contributed by atoms with van der Waals surface area (Å²) in [6.07, 6.45) is 1.71. The van der Waals surface area contributed by atoms with Crippen molar-refractivity contribution < 1.29 is 4.79 Å². The summed E-state index contributed by atoms with van der Waals surface area (Å²) in [5.74, 6) is -0.124. The summed E-state index contributed by atoms with van der Waals surface area (Å²) in [6, 6.07) is 18.5. The highest BCUT2D eigenvalue weighted by molar-refractivity contribution is 5.84.